The first-order valence-corrected chi connectivity index (χ1v) is 11.8. The van der Waals surface area contributed by atoms with Gasteiger partial charge in [-0.1, -0.05) is 113 Å². The summed E-state index contributed by atoms with van der Waals surface area (Å²) >= 11 is 3.47. The highest BCUT2D eigenvalue weighted by Crippen LogP contribution is 2.28. The molecule has 0 saturated heterocycles. The van der Waals surface area contributed by atoms with Gasteiger partial charge in [0.2, 0.25) is 0 Å². The lowest BCUT2D eigenvalue weighted by Gasteiger charge is -2.27. The van der Waals surface area contributed by atoms with E-state index in [0.29, 0.717) is 0 Å². The maximum Gasteiger partial charge on any atom is 0.139 e. The zero-order valence-corrected chi connectivity index (χ0v) is 20.0. The third-order valence-corrected chi connectivity index (χ3v) is 6.37. The predicted molar refractivity (Wildman–Crippen MR) is 146 cm³/mol. The Kier molecular flexibility index (Phi) is 6.07. The average Bonchev–Trinajstić information content (AvgIpc) is 2.89. The Morgan fingerprint density at radius 2 is 1.18 bits per heavy atom. The Morgan fingerprint density at radius 1 is 0.559 bits per heavy atom. The smallest absolute Gasteiger partial charge is 0.139 e. The second-order valence-corrected chi connectivity index (χ2v) is 8.89. The number of rotatable bonds is 4. The number of nitrogens with one attached hydrogen (secondary N) is 2. The Bertz CT molecular complexity index is 1470. The van der Waals surface area contributed by atoms with Crippen molar-refractivity contribution >= 4 is 44.1 Å². The molecule has 34 heavy (non-hydrogen) atoms. The van der Waals surface area contributed by atoms with Gasteiger partial charge in [-0.2, -0.15) is 0 Å². The molecule has 0 radical (unpaired) electrons. The van der Waals surface area contributed by atoms with Crippen LogP contribution in [0.2, 0.25) is 0 Å². The fourth-order valence-electron chi connectivity index (χ4n) is 4.09. The Balaban J connectivity index is 1.61. The van der Waals surface area contributed by atoms with Crippen LogP contribution in [0.5, 0.6) is 0 Å². The summed E-state index contributed by atoms with van der Waals surface area (Å²) in [5.41, 5.74) is 4.52. The lowest BCUT2D eigenvalue weighted by molar-refractivity contribution is 1.29. The second-order valence-electron chi connectivity index (χ2n) is 7.98. The number of hydrogen-bond acceptors (Lipinski definition) is 2. The number of amidine groups is 2. The molecule has 0 aliphatic heterocycles. The van der Waals surface area contributed by atoms with Gasteiger partial charge in [-0.05, 0) is 46.2 Å². The van der Waals surface area contributed by atoms with E-state index < -0.39 is 0 Å². The average molecular weight is 504 g/mol. The van der Waals surface area contributed by atoms with Crippen LogP contribution in [-0.2, 0) is 0 Å². The Morgan fingerprint density at radius 3 is 1.91 bits per heavy atom. The van der Waals surface area contributed by atoms with E-state index in [1.54, 1.807) is 4.90 Å². The Hall–Kier alpha value is -4.02. The number of nitrogens with zero attached hydrogens (tertiary/aromatic N) is 1. The largest absolute Gasteiger partial charge is 0.284 e. The van der Waals surface area contributed by atoms with Crippen LogP contribution in [0.4, 0.5) is 5.69 Å². The molecule has 0 aliphatic carbocycles. The summed E-state index contributed by atoms with van der Waals surface area (Å²) in [6.07, 6.45) is 0. The van der Waals surface area contributed by atoms with Crippen molar-refractivity contribution in [1.29, 1.82) is 10.8 Å². The van der Waals surface area contributed by atoms with Crippen LogP contribution in [0, 0.1) is 10.8 Å². The molecule has 0 aliphatic rings. The molecule has 0 amide bonds. The van der Waals surface area contributed by atoms with Crippen molar-refractivity contribution in [2.24, 2.45) is 0 Å². The van der Waals surface area contributed by atoms with Gasteiger partial charge < -0.3 is 0 Å². The van der Waals surface area contributed by atoms with Crippen molar-refractivity contribution in [2.75, 3.05) is 4.90 Å². The van der Waals surface area contributed by atoms with E-state index in [2.05, 4.69) is 28.1 Å². The number of anilines is 1. The highest BCUT2D eigenvalue weighted by atomic mass is 79.9. The predicted octanol–water partition coefficient (Wildman–Crippen LogP) is 8.13. The fourth-order valence-corrected chi connectivity index (χ4v) is 4.36. The van der Waals surface area contributed by atoms with Crippen molar-refractivity contribution in [1.82, 2.24) is 0 Å². The molecular formula is C30H22BrN3. The molecule has 2 N–H and O–H groups in total. The minimum atomic E-state index is 0.248. The minimum absolute atomic E-state index is 0.248. The Labute approximate surface area is 207 Å². The second kappa shape index (κ2) is 9.46. The van der Waals surface area contributed by atoms with Crippen molar-refractivity contribution in [2.45, 2.75) is 0 Å². The van der Waals surface area contributed by atoms with Gasteiger partial charge in [-0.25, -0.2) is 0 Å². The van der Waals surface area contributed by atoms with Gasteiger partial charge in [0.05, 0.1) is 0 Å². The standard InChI is InChI=1S/C30H22BrN3/c31-25-17-13-24(14-18-25)29(32)34(26-19-15-22(16-20-26)21-7-2-1-3-8-21)30(33)28-12-6-10-23-9-4-5-11-27(23)28/h1-20,32-33H. The first-order chi connectivity index (χ1) is 16.6. The van der Waals surface area contributed by atoms with Crippen molar-refractivity contribution < 1.29 is 0 Å². The monoisotopic (exact) mass is 503 g/mol. The summed E-state index contributed by atoms with van der Waals surface area (Å²) < 4.78 is 0.951. The molecule has 0 aromatic heterocycles. The maximum atomic E-state index is 9.22. The zero-order chi connectivity index (χ0) is 23.5. The summed E-state index contributed by atoms with van der Waals surface area (Å²) in [5.74, 6) is 0.509. The highest BCUT2D eigenvalue weighted by Gasteiger charge is 2.22. The van der Waals surface area contributed by atoms with Crippen LogP contribution in [0.3, 0.4) is 0 Å². The van der Waals surface area contributed by atoms with Crippen LogP contribution in [-0.4, -0.2) is 11.7 Å². The minimum Gasteiger partial charge on any atom is -0.284 e. The van der Waals surface area contributed by atoms with Crippen molar-refractivity contribution in [3.05, 3.63) is 137 Å². The molecule has 3 nitrogen and oxygen atoms in total. The number of fused-ring (bicyclic) bond motifs is 1. The summed E-state index contributed by atoms with van der Waals surface area (Å²) in [5, 5.41) is 20.4. The van der Waals surface area contributed by atoms with Gasteiger partial charge in [0.1, 0.15) is 11.7 Å². The lowest BCUT2D eigenvalue weighted by Crippen LogP contribution is -2.37. The van der Waals surface area contributed by atoms with E-state index in [0.717, 1.165) is 43.2 Å². The van der Waals surface area contributed by atoms with Crippen LogP contribution >= 0.6 is 15.9 Å². The van der Waals surface area contributed by atoms with E-state index in [-0.39, 0.29) is 11.7 Å². The van der Waals surface area contributed by atoms with Crippen LogP contribution < -0.4 is 4.90 Å². The van der Waals surface area contributed by atoms with Gasteiger partial charge in [-0.3, -0.25) is 15.7 Å². The van der Waals surface area contributed by atoms with Crippen LogP contribution in [0.25, 0.3) is 21.9 Å². The van der Waals surface area contributed by atoms with Crippen LogP contribution in [0.15, 0.2) is 126 Å². The maximum absolute atomic E-state index is 9.22. The molecule has 0 fully saturated rings. The van der Waals surface area contributed by atoms with E-state index in [9.17, 15) is 5.41 Å². The first kappa shape index (κ1) is 21.8. The van der Waals surface area contributed by atoms with E-state index >= 15 is 0 Å². The van der Waals surface area contributed by atoms with Crippen LogP contribution in [0.1, 0.15) is 11.1 Å². The zero-order valence-electron chi connectivity index (χ0n) is 18.4. The van der Waals surface area contributed by atoms with Crippen molar-refractivity contribution in [3.8, 4) is 11.1 Å². The van der Waals surface area contributed by atoms with Gasteiger partial charge in [0, 0.05) is 21.3 Å². The number of benzene rings is 5. The molecule has 0 unspecified atom stereocenters. The number of halogens is 1. The molecule has 5 aromatic rings. The molecule has 5 rings (SSSR count). The van der Waals surface area contributed by atoms with E-state index in [4.69, 9.17) is 5.41 Å². The number of hydrogen-bond donors (Lipinski definition) is 2. The molecule has 0 atom stereocenters. The SMILES string of the molecule is N=C(c1ccc(Br)cc1)N(C(=N)c1cccc2ccccc12)c1ccc(-c2ccccc2)cc1. The van der Waals surface area contributed by atoms with Crippen molar-refractivity contribution in [3.63, 3.8) is 0 Å². The van der Waals surface area contributed by atoms with E-state index in [1.165, 1.54) is 0 Å². The summed E-state index contributed by atoms with van der Waals surface area (Å²) in [6, 6.07) is 39.9. The molecule has 0 saturated carbocycles. The summed E-state index contributed by atoms with van der Waals surface area (Å²) in [4.78, 5) is 1.71. The first-order valence-electron chi connectivity index (χ1n) is 11.0. The molecule has 0 bridgehead atoms. The summed E-state index contributed by atoms with van der Waals surface area (Å²) in [6.45, 7) is 0. The quantitative estimate of drug-likeness (QED) is 0.188. The van der Waals surface area contributed by atoms with Gasteiger partial charge >= 0.3 is 0 Å². The molecule has 164 valence electrons. The fraction of sp³-hybridized carbons (Fsp3) is 0. The lowest BCUT2D eigenvalue weighted by atomic mass is 10.0. The molecule has 5 aromatic carbocycles. The molecule has 0 spiro atoms. The van der Waals surface area contributed by atoms with Gasteiger partial charge in [-0.15, -0.1) is 0 Å². The van der Waals surface area contributed by atoms with Gasteiger partial charge in [0.25, 0.3) is 0 Å². The molecule has 4 heteroatoms. The van der Waals surface area contributed by atoms with E-state index in [1.807, 2.05) is 109 Å². The molecule has 0 heterocycles. The molecular weight excluding hydrogens is 482 g/mol. The highest BCUT2D eigenvalue weighted by molar-refractivity contribution is 9.10. The summed E-state index contributed by atoms with van der Waals surface area (Å²) in [7, 11) is 0. The third kappa shape index (κ3) is 4.28. The third-order valence-electron chi connectivity index (χ3n) is 5.84. The van der Waals surface area contributed by atoms with Gasteiger partial charge in [0.15, 0.2) is 0 Å². The normalized spacial score (nSPS) is 10.7. The topological polar surface area (TPSA) is 50.9 Å².